The number of fused-ring (bicyclic) bond motifs is 1. The maximum atomic E-state index is 14.7. The Bertz CT molecular complexity index is 1590. The molecule has 0 spiro atoms. The van der Waals surface area contributed by atoms with Gasteiger partial charge in [0.1, 0.15) is 11.6 Å². The second-order valence-corrected chi connectivity index (χ2v) is 8.41. The summed E-state index contributed by atoms with van der Waals surface area (Å²) in [6.45, 7) is 0.764. The predicted molar refractivity (Wildman–Crippen MR) is 129 cm³/mol. The first-order valence-electron chi connectivity index (χ1n) is 11.2. The molecule has 1 aliphatic rings. The second kappa shape index (κ2) is 9.13. The Morgan fingerprint density at radius 2 is 1.74 bits per heavy atom. The second-order valence-electron chi connectivity index (χ2n) is 8.41. The number of carbonyl (C=O) groups excluding carboxylic acids is 1. The van der Waals surface area contributed by atoms with Crippen LogP contribution in [0, 0.1) is 11.6 Å². The van der Waals surface area contributed by atoms with Gasteiger partial charge in [-0.1, -0.05) is 36.4 Å². The van der Waals surface area contributed by atoms with E-state index in [1.807, 2.05) is 6.08 Å². The number of hydrogen-bond acceptors (Lipinski definition) is 3. The highest BCUT2D eigenvalue weighted by molar-refractivity contribution is 5.95. The van der Waals surface area contributed by atoms with Crippen molar-refractivity contribution in [1.29, 1.82) is 0 Å². The first-order chi connectivity index (χ1) is 16.9. The van der Waals surface area contributed by atoms with Crippen LogP contribution in [0.5, 0.6) is 0 Å². The number of nitrogens with zero attached hydrogens (tertiary/aromatic N) is 2. The van der Waals surface area contributed by atoms with Crippen molar-refractivity contribution >= 4 is 22.4 Å². The third-order valence-corrected chi connectivity index (χ3v) is 6.22. The summed E-state index contributed by atoms with van der Waals surface area (Å²) >= 11 is 0. The number of amides is 1. The van der Waals surface area contributed by atoms with Crippen molar-refractivity contribution in [1.82, 2.24) is 14.5 Å². The summed E-state index contributed by atoms with van der Waals surface area (Å²) in [5.74, 6) is -1.40. The van der Waals surface area contributed by atoms with Crippen LogP contribution in [0.25, 0.3) is 16.5 Å². The highest BCUT2D eigenvalue weighted by atomic mass is 19.1. The minimum Gasteiger partial charge on any atom is -0.334 e. The number of nitrogens with one attached hydrogen (secondary N) is 1. The lowest BCUT2D eigenvalue weighted by Gasteiger charge is -2.27. The van der Waals surface area contributed by atoms with Gasteiger partial charge in [0.2, 0.25) is 0 Å². The van der Waals surface area contributed by atoms with Crippen LogP contribution in [-0.4, -0.2) is 33.4 Å². The van der Waals surface area contributed by atoms with E-state index in [-0.39, 0.29) is 17.9 Å². The molecule has 0 atom stereocenters. The van der Waals surface area contributed by atoms with Crippen LogP contribution in [0.1, 0.15) is 27.9 Å². The van der Waals surface area contributed by atoms with Crippen LogP contribution in [-0.2, 0) is 6.54 Å². The predicted octanol–water partition coefficient (Wildman–Crippen LogP) is 3.95. The first kappa shape index (κ1) is 22.5. The first-order valence-corrected chi connectivity index (χ1v) is 11.2. The summed E-state index contributed by atoms with van der Waals surface area (Å²) in [5, 5.41) is 0.363. The van der Waals surface area contributed by atoms with Crippen LogP contribution in [0.4, 0.5) is 8.78 Å². The van der Waals surface area contributed by atoms with Crippen molar-refractivity contribution in [3.05, 3.63) is 122 Å². The van der Waals surface area contributed by atoms with Gasteiger partial charge in [-0.2, -0.15) is 0 Å². The molecule has 0 aliphatic carbocycles. The van der Waals surface area contributed by atoms with Gasteiger partial charge in [-0.25, -0.2) is 13.6 Å². The highest BCUT2D eigenvalue weighted by Gasteiger charge is 2.22. The summed E-state index contributed by atoms with van der Waals surface area (Å²) in [5.41, 5.74) is 1.76. The summed E-state index contributed by atoms with van der Waals surface area (Å²) < 4.78 is 29.2. The average molecular weight is 473 g/mol. The van der Waals surface area contributed by atoms with E-state index < -0.39 is 23.0 Å². The monoisotopic (exact) mass is 473 g/mol. The fourth-order valence-corrected chi connectivity index (χ4v) is 4.37. The molecule has 2 heterocycles. The van der Waals surface area contributed by atoms with E-state index in [2.05, 4.69) is 4.98 Å². The molecule has 0 saturated heterocycles. The Kier molecular flexibility index (Phi) is 5.86. The van der Waals surface area contributed by atoms with E-state index in [1.54, 1.807) is 41.3 Å². The maximum absolute atomic E-state index is 14.7. The van der Waals surface area contributed by atoms with E-state index in [4.69, 9.17) is 0 Å². The summed E-state index contributed by atoms with van der Waals surface area (Å²) in [6, 6.07) is 17.1. The van der Waals surface area contributed by atoms with E-state index in [0.29, 0.717) is 36.0 Å². The van der Waals surface area contributed by atoms with Crippen LogP contribution in [0.2, 0.25) is 0 Å². The zero-order chi connectivity index (χ0) is 24.5. The average Bonchev–Trinajstić information content (AvgIpc) is 2.87. The number of halogens is 2. The third-order valence-electron chi connectivity index (χ3n) is 6.22. The lowest BCUT2D eigenvalue weighted by Crippen LogP contribution is -2.35. The molecular formula is C27H21F2N3O3. The molecule has 0 saturated carbocycles. The molecular weight excluding hydrogens is 452 g/mol. The Balaban J connectivity index is 1.40. The normalized spacial score (nSPS) is 13.7. The molecule has 35 heavy (non-hydrogen) atoms. The van der Waals surface area contributed by atoms with Gasteiger partial charge in [0, 0.05) is 13.1 Å². The number of hydrogen-bond donors (Lipinski definition) is 1. The zero-order valence-electron chi connectivity index (χ0n) is 18.6. The highest BCUT2D eigenvalue weighted by Crippen LogP contribution is 2.24. The molecule has 4 aromatic rings. The van der Waals surface area contributed by atoms with Crippen molar-refractivity contribution < 1.29 is 13.6 Å². The molecule has 6 nitrogen and oxygen atoms in total. The van der Waals surface area contributed by atoms with Gasteiger partial charge in [0.05, 0.1) is 23.0 Å². The van der Waals surface area contributed by atoms with Crippen molar-refractivity contribution in [2.45, 2.75) is 13.0 Å². The van der Waals surface area contributed by atoms with Gasteiger partial charge in [0.15, 0.2) is 0 Å². The van der Waals surface area contributed by atoms with Crippen molar-refractivity contribution in [3.63, 3.8) is 0 Å². The van der Waals surface area contributed by atoms with E-state index in [9.17, 15) is 23.2 Å². The van der Waals surface area contributed by atoms with Gasteiger partial charge in [-0.3, -0.25) is 19.1 Å². The lowest BCUT2D eigenvalue weighted by atomic mass is 9.99. The molecule has 1 aliphatic heterocycles. The smallest absolute Gasteiger partial charge is 0.329 e. The topological polar surface area (TPSA) is 75.2 Å². The Morgan fingerprint density at radius 3 is 2.49 bits per heavy atom. The van der Waals surface area contributed by atoms with Crippen molar-refractivity contribution in [3.8, 4) is 0 Å². The quantitative estimate of drug-likeness (QED) is 0.488. The molecule has 0 bridgehead atoms. The summed E-state index contributed by atoms with van der Waals surface area (Å²) in [4.78, 5) is 41.6. The fourth-order valence-electron chi connectivity index (χ4n) is 4.37. The number of rotatable bonds is 4. The molecule has 176 valence electrons. The van der Waals surface area contributed by atoms with Crippen LogP contribution in [0.3, 0.4) is 0 Å². The molecule has 5 rings (SSSR count). The number of para-hydroxylation sites is 1. The summed E-state index contributed by atoms with van der Waals surface area (Å²) in [6.07, 6.45) is 2.46. The molecule has 0 radical (unpaired) electrons. The van der Waals surface area contributed by atoms with Crippen LogP contribution < -0.4 is 11.2 Å². The van der Waals surface area contributed by atoms with Gasteiger partial charge in [-0.15, -0.1) is 0 Å². The van der Waals surface area contributed by atoms with E-state index >= 15 is 0 Å². The molecule has 8 heteroatoms. The van der Waals surface area contributed by atoms with Gasteiger partial charge < -0.3 is 4.90 Å². The number of aromatic amines is 1. The largest absolute Gasteiger partial charge is 0.334 e. The molecule has 0 unspecified atom stereocenters. The Hall–Kier alpha value is -4.33. The third kappa shape index (κ3) is 4.42. The van der Waals surface area contributed by atoms with E-state index in [1.165, 1.54) is 34.9 Å². The fraction of sp³-hybridized carbons (Fsp3) is 0.148. The SMILES string of the molecule is O=C(c1cc(Cn2c(=O)[nH]c(=O)c3ccccc32)ccc1F)N1CC=C(c2ccc(F)cc2)CC1. The van der Waals surface area contributed by atoms with Crippen LogP contribution >= 0.6 is 0 Å². The van der Waals surface area contributed by atoms with Crippen molar-refractivity contribution in [2.75, 3.05) is 13.1 Å². The van der Waals surface area contributed by atoms with Crippen LogP contribution in [0.15, 0.2) is 82.4 Å². The van der Waals surface area contributed by atoms with Gasteiger partial charge in [0.25, 0.3) is 11.5 Å². The number of H-pyrrole nitrogens is 1. The lowest BCUT2D eigenvalue weighted by molar-refractivity contribution is 0.0768. The summed E-state index contributed by atoms with van der Waals surface area (Å²) in [7, 11) is 0. The Morgan fingerprint density at radius 1 is 0.971 bits per heavy atom. The standard InChI is InChI=1S/C27H21F2N3O3/c28-20-8-6-18(7-9-20)19-11-13-31(14-12-19)26(34)22-15-17(5-10-23(22)29)16-32-24-4-2-1-3-21(24)25(33)30-27(32)35/h1-11,15H,12-14,16H2,(H,30,33,35). The van der Waals surface area contributed by atoms with E-state index in [0.717, 1.165) is 11.1 Å². The van der Waals surface area contributed by atoms with Crippen molar-refractivity contribution in [2.24, 2.45) is 0 Å². The molecule has 1 aromatic heterocycles. The molecule has 1 amide bonds. The maximum Gasteiger partial charge on any atom is 0.329 e. The number of carbonyl (C=O) groups is 1. The molecule has 3 aromatic carbocycles. The molecule has 1 N–H and O–H groups in total. The molecule has 0 fully saturated rings. The zero-order valence-corrected chi connectivity index (χ0v) is 18.6. The number of aromatic nitrogens is 2. The number of benzene rings is 3. The Labute approximate surface area is 198 Å². The minimum absolute atomic E-state index is 0.0608. The van der Waals surface area contributed by atoms with Gasteiger partial charge in [-0.05, 0) is 59.5 Å². The minimum atomic E-state index is -0.647. The van der Waals surface area contributed by atoms with Gasteiger partial charge >= 0.3 is 5.69 Å².